The van der Waals surface area contributed by atoms with Crippen LogP contribution < -0.4 is 9.97 Å². The van der Waals surface area contributed by atoms with E-state index in [1.165, 1.54) is 114 Å². The fourth-order valence-electron chi connectivity index (χ4n) is 8.99. The molecule has 2 aliphatic heterocycles. The number of aromatic nitrogens is 4. The zero-order valence-electron chi connectivity index (χ0n) is 37.8. The molecule has 7 rings (SSSR count). The van der Waals surface area contributed by atoms with Crippen molar-refractivity contribution in [1.82, 2.24) is 19.9 Å². The molecule has 8 bridgehead atoms. The van der Waals surface area contributed by atoms with Crippen LogP contribution in [0.4, 0.5) is 0 Å². The third-order valence-electron chi connectivity index (χ3n) is 12.6. The van der Waals surface area contributed by atoms with Gasteiger partial charge >= 0.3 is 19.5 Å². The molecule has 5 heterocycles. The molecular weight excluding hydrogens is 826 g/mol. The van der Waals surface area contributed by atoms with Crippen molar-refractivity contribution in [1.29, 1.82) is 0 Å². The molecule has 0 radical (unpaired) electrons. The summed E-state index contributed by atoms with van der Waals surface area (Å²) in [6, 6.07) is 23.9. The predicted octanol–water partition coefficient (Wildman–Crippen LogP) is 15.0. The van der Waals surface area contributed by atoms with Gasteiger partial charge in [-0.05, 0) is 83.4 Å². The van der Waals surface area contributed by atoms with Crippen molar-refractivity contribution in [2.24, 2.45) is 0 Å². The van der Waals surface area contributed by atoms with Gasteiger partial charge in [0.2, 0.25) is 0 Å². The second-order valence-corrected chi connectivity index (χ2v) is 17.2. The number of hydrogen-bond donors (Lipinski definition) is 0. The van der Waals surface area contributed by atoms with Crippen LogP contribution in [0.15, 0.2) is 72.8 Å². The Labute approximate surface area is 388 Å². The molecule has 0 amide bonds. The first kappa shape index (κ1) is 47.5. The van der Waals surface area contributed by atoms with Crippen molar-refractivity contribution in [2.45, 2.75) is 142 Å². The molecule has 6 nitrogen and oxygen atoms in total. The minimum absolute atomic E-state index is 0. The van der Waals surface area contributed by atoms with E-state index in [9.17, 15) is 9.59 Å². The van der Waals surface area contributed by atoms with Crippen molar-refractivity contribution in [3.8, 4) is 22.3 Å². The molecule has 3 aromatic heterocycles. The molecule has 0 saturated carbocycles. The molecule has 63 heavy (non-hydrogen) atoms. The molecule has 0 N–H and O–H groups in total. The number of rotatable bonds is 24. The van der Waals surface area contributed by atoms with Crippen LogP contribution in [0.2, 0.25) is 0 Å². The molecule has 2 aromatic carbocycles. The summed E-state index contributed by atoms with van der Waals surface area (Å²) in [5, 5.41) is 0. The molecule has 7 heteroatoms. The molecule has 2 aliphatic rings. The Kier molecular flexibility index (Phi) is 18.6. The normalized spacial score (nSPS) is 11.8. The first-order valence-electron chi connectivity index (χ1n) is 23.7. The second-order valence-electron chi connectivity index (χ2n) is 17.2. The molecule has 322 valence electrons. The van der Waals surface area contributed by atoms with Gasteiger partial charge in [-0.25, -0.2) is 9.97 Å². The monoisotopic (exact) mass is 888 g/mol. The van der Waals surface area contributed by atoms with E-state index >= 15 is 0 Å². The first-order chi connectivity index (χ1) is 30.6. The Morgan fingerprint density at radius 3 is 1.08 bits per heavy atom. The van der Waals surface area contributed by atoms with Gasteiger partial charge in [0.25, 0.3) is 0 Å². The fourth-order valence-corrected chi connectivity index (χ4v) is 8.99. The number of carbonyl (C=O) groups excluding carboxylic acids is 2. The van der Waals surface area contributed by atoms with Crippen molar-refractivity contribution in [3.63, 3.8) is 0 Å². The predicted molar refractivity (Wildman–Crippen MR) is 260 cm³/mol. The van der Waals surface area contributed by atoms with Gasteiger partial charge in [0, 0.05) is 11.1 Å². The zero-order valence-corrected chi connectivity index (χ0v) is 40.8. The van der Waals surface area contributed by atoms with Crippen LogP contribution in [0, 0.1) is 0 Å². The molecule has 0 saturated heterocycles. The zero-order chi connectivity index (χ0) is 42.9. The molecular formula is C56H64N4O2Zn. The molecule has 0 unspecified atom stereocenters. The maximum absolute atomic E-state index is 11.7. The molecule has 5 aromatic rings. The Morgan fingerprint density at radius 2 is 0.714 bits per heavy atom. The number of hydrogen-bond acceptors (Lipinski definition) is 4. The van der Waals surface area contributed by atoms with Gasteiger partial charge < -0.3 is 9.97 Å². The average Bonchev–Trinajstić information content (AvgIpc) is 4.16. The molecule has 0 atom stereocenters. The number of unbranched alkanes of at least 4 members (excludes halogenated alkanes) is 16. The van der Waals surface area contributed by atoms with Gasteiger partial charge in [0.1, 0.15) is 12.6 Å². The SMILES string of the molecule is CCCCCCCCCCCc1c2nc(c(CCCCCCCCCCC)c3ccc([n-]3)c(-c3ccc(C=O)cc3)c3nc(c(-c4ccc(C=O)cc4)c4ccc1[n-]4)C=C3)C=C2.[Zn+2]. The van der Waals surface area contributed by atoms with Gasteiger partial charge in [0.05, 0.1) is 22.8 Å². The Hall–Kier alpha value is -5.00. The van der Waals surface area contributed by atoms with Crippen LogP contribution >= 0.6 is 0 Å². The summed E-state index contributed by atoms with van der Waals surface area (Å²) in [5.74, 6) is 0. The van der Waals surface area contributed by atoms with E-state index in [1.54, 1.807) is 0 Å². The maximum Gasteiger partial charge on any atom is 2.00 e. The third-order valence-corrected chi connectivity index (χ3v) is 12.6. The van der Waals surface area contributed by atoms with Crippen molar-refractivity contribution >= 4 is 58.9 Å². The van der Waals surface area contributed by atoms with E-state index in [-0.39, 0.29) is 19.5 Å². The average molecular weight is 891 g/mol. The quantitative estimate of drug-likeness (QED) is 0.0341. The van der Waals surface area contributed by atoms with Gasteiger partial charge in [-0.15, -0.1) is 22.1 Å². The van der Waals surface area contributed by atoms with E-state index in [1.807, 2.05) is 48.5 Å². The molecule has 0 spiro atoms. The summed E-state index contributed by atoms with van der Waals surface area (Å²) in [7, 11) is 0. The summed E-state index contributed by atoms with van der Waals surface area (Å²) in [6.45, 7) is 4.55. The van der Waals surface area contributed by atoms with E-state index in [0.29, 0.717) is 11.1 Å². The molecule has 0 aliphatic carbocycles. The number of aryl methyl sites for hydroxylation is 2. The van der Waals surface area contributed by atoms with Crippen LogP contribution in [-0.4, -0.2) is 22.5 Å². The number of benzene rings is 2. The summed E-state index contributed by atoms with van der Waals surface area (Å²) in [6.07, 6.45) is 35.0. The number of aldehydes is 2. The van der Waals surface area contributed by atoms with E-state index in [2.05, 4.69) is 62.4 Å². The van der Waals surface area contributed by atoms with Crippen LogP contribution in [0.25, 0.3) is 68.6 Å². The summed E-state index contributed by atoms with van der Waals surface area (Å²) in [4.78, 5) is 44.9. The minimum Gasteiger partial charge on any atom is -0.657 e. The fraction of sp³-hybridized carbons (Fsp3) is 0.393. The van der Waals surface area contributed by atoms with Crippen LogP contribution in [0.1, 0.15) is 184 Å². The second kappa shape index (κ2) is 24.7. The van der Waals surface area contributed by atoms with Gasteiger partial charge in [-0.2, -0.15) is 0 Å². The van der Waals surface area contributed by atoms with Crippen LogP contribution in [0.5, 0.6) is 0 Å². The van der Waals surface area contributed by atoms with Crippen LogP contribution in [-0.2, 0) is 32.3 Å². The van der Waals surface area contributed by atoms with Crippen molar-refractivity contribution < 1.29 is 29.1 Å². The summed E-state index contributed by atoms with van der Waals surface area (Å²) in [5.41, 5.74) is 14.3. The standard InChI is InChI=1S/C56H65N4O2.Zn/c1-3-5-7-9-11-13-15-17-19-21-45-47-31-32-48(57-47)46(22-20-18-16-14-12-10-8-6-4-2)50-34-36-52(59-50)56(44-29-25-42(40-62)26-30-44)54-38-37-53(60-54)55(51-35-33-49(45)58-51)43-27-23-41(39-61)24-28-43;/h23-40H,3-22H2,1-2H3,(H-,57,58,59,60,61,62);/q-1;+2/p-1. The number of nitrogens with zero attached hydrogens (tertiary/aromatic N) is 4. The van der Waals surface area contributed by atoms with Gasteiger partial charge in [-0.1, -0.05) is 189 Å². The van der Waals surface area contributed by atoms with E-state index < -0.39 is 0 Å². The minimum atomic E-state index is 0. The third kappa shape index (κ3) is 12.6. The Bertz CT molecular complexity index is 2320. The molecule has 0 fully saturated rings. The Balaban J connectivity index is 0.00000661. The van der Waals surface area contributed by atoms with E-state index in [4.69, 9.17) is 19.9 Å². The maximum atomic E-state index is 11.7. The summed E-state index contributed by atoms with van der Waals surface area (Å²) >= 11 is 0. The Morgan fingerprint density at radius 1 is 0.397 bits per heavy atom. The number of fused-ring (bicyclic) bond motifs is 8. The van der Waals surface area contributed by atoms with Gasteiger partial charge in [-0.3, -0.25) is 9.59 Å². The topological polar surface area (TPSA) is 88.1 Å². The number of carbonyl (C=O) groups is 2. The van der Waals surface area contributed by atoms with Crippen LogP contribution in [0.3, 0.4) is 0 Å². The van der Waals surface area contributed by atoms with Crippen molar-refractivity contribution in [3.05, 3.63) is 118 Å². The first-order valence-corrected chi connectivity index (χ1v) is 23.7. The summed E-state index contributed by atoms with van der Waals surface area (Å²) < 4.78 is 0. The van der Waals surface area contributed by atoms with E-state index in [0.717, 1.165) is 105 Å². The largest absolute Gasteiger partial charge is 2.00 e. The smallest absolute Gasteiger partial charge is 0.657 e. The van der Waals surface area contributed by atoms with Crippen molar-refractivity contribution in [2.75, 3.05) is 0 Å². The van der Waals surface area contributed by atoms with Gasteiger partial charge in [0.15, 0.2) is 0 Å².